The van der Waals surface area contributed by atoms with Crippen molar-refractivity contribution in [2.45, 2.75) is 52.1 Å². The van der Waals surface area contributed by atoms with Gasteiger partial charge in [-0.15, -0.1) is 0 Å². The van der Waals surface area contributed by atoms with Crippen LogP contribution in [0.2, 0.25) is 0 Å². The monoisotopic (exact) mass is 192 g/mol. The lowest BCUT2D eigenvalue weighted by Crippen LogP contribution is -2.15. The molecule has 0 saturated carbocycles. The molecule has 0 rings (SSSR count). The zero-order valence-corrected chi connectivity index (χ0v) is 8.87. The average Bonchev–Trinajstić information content (AvgIpc) is 2.18. The Kier molecular flexibility index (Phi) is 17.0. The highest BCUT2D eigenvalue weighted by atomic mass is 16.3. The Hall–Kier alpha value is -0.120. The van der Waals surface area contributed by atoms with Crippen molar-refractivity contribution in [1.29, 1.82) is 0 Å². The van der Waals surface area contributed by atoms with Gasteiger partial charge in [-0.1, -0.05) is 46.0 Å². The van der Waals surface area contributed by atoms with Gasteiger partial charge in [0.05, 0.1) is 13.2 Å². The Morgan fingerprint density at radius 1 is 0.846 bits per heavy atom. The molecule has 0 amide bonds. The number of hydrogen-bond donors (Lipinski definition) is 3. The molecule has 0 aliphatic heterocycles. The van der Waals surface area contributed by atoms with Crippen LogP contribution < -0.4 is 0 Å². The van der Waals surface area contributed by atoms with Gasteiger partial charge in [0, 0.05) is 0 Å². The highest BCUT2D eigenvalue weighted by Crippen LogP contribution is 2.00. The molecule has 82 valence electrons. The molecule has 0 unspecified atom stereocenters. The second kappa shape index (κ2) is 14.4. The van der Waals surface area contributed by atoms with Gasteiger partial charge in [-0.2, -0.15) is 0 Å². The van der Waals surface area contributed by atoms with E-state index in [1.807, 2.05) is 0 Å². The third-order valence-electron chi connectivity index (χ3n) is 1.63. The average molecular weight is 192 g/mol. The van der Waals surface area contributed by atoms with Crippen LogP contribution in [-0.2, 0) is 0 Å². The topological polar surface area (TPSA) is 60.7 Å². The van der Waals surface area contributed by atoms with Crippen molar-refractivity contribution in [3.8, 4) is 0 Å². The molecule has 0 aliphatic rings. The molecule has 0 aromatic carbocycles. The standard InChI is InChI=1S/C7H16.C3H8O3/c1-3-5-7-6-4-2;4-1-3(6)2-5/h3-7H2,1-2H3;3-6H,1-2H2. The van der Waals surface area contributed by atoms with Crippen molar-refractivity contribution in [2.75, 3.05) is 13.2 Å². The van der Waals surface area contributed by atoms with Crippen LogP contribution in [0.5, 0.6) is 0 Å². The van der Waals surface area contributed by atoms with Crippen molar-refractivity contribution in [3.63, 3.8) is 0 Å². The Morgan fingerprint density at radius 2 is 1.23 bits per heavy atom. The van der Waals surface area contributed by atoms with Crippen LogP contribution in [0.1, 0.15) is 46.0 Å². The first-order chi connectivity index (χ1) is 6.22. The molecule has 0 fully saturated rings. The summed E-state index contributed by atoms with van der Waals surface area (Å²) in [6, 6.07) is 0. The molecular formula is C10H24O3. The normalized spacial score (nSPS) is 9.69. The fraction of sp³-hybridized carbons (Fsp3) is 1.00. The first-order valence-electron chi connectivity index (χ1n) is 5.12. The van der Waals surface area contributed by atoms with E-state index in [9.17, 15) is 0 Å². The molecular weight excluding hydrogens is 168 g/mol. The summed E-state index contributed by atoms with van der Waals surface area (Å²) in [6.45, 7) is 3.76. The minimum Gasteiger partial charge on any atom is -0.394 e. The summed E-state index contributed by atoms with van der Waals surface area (Å²) in [7, 11) is 0. The zero-order valence-electron chi connectivity index (χ0n) is 8.87. The molecule has 3 N–H and O–H groups in total. The molecule has 13 heavy (non-hydrogen) atoms. The van der Waals surface area contributed by atoms with E-state index >= 15 is 0 Å². The molecule has 0 aromatic rings. The fourth-order valence-electron chi connectivity index (χ4n) is 0.735. The van der Waals surface area contributed by atoms with E-state index in [1.165, 1.54) is 32.1 Å². The maximum Gasteiger partial charge on any atom is 0.100 e. The van der Waals surface area contributed by atoms with Gasteiger partial charge in [-0.3, -0.25) is 0 Å². The van der Waals surface area contributed by atoms with Gasteiger partial charge in [0.1, 0.15) is 6.10 Å². The van der Waals surface area contributed by atoms with Gasteiger partial charge in [-0.25, -0.2) is 0 Å². The Labute approximate surface area is 81.4 Å². The minimum absolute atomic E-state index is 0.365. The van der Waals surface area contributed by atoms with Crippen molar-refractivity contribution in [2.24, 2.45) is 0 Å². The van der Waals surface area contributed by atoms with Crippen molar-refractivity contribution in [3.05, 3.63) is 0 Å². The molecule has 3 nitrogen and oxygen atoms in total. The summed E-state index contributed by atoms with van der Waals surface area (Å²) in [5.41, 5.74) is 0. The lowest BCUT2D eigenvalue weighted by atomic mass is 10.2. The van der Waals surface area contributed by atoms with Crippen LogP contribution in [0.3, 0.4) is 0 Å². The number of aliphatic hydroxyl groups is 3. The molecule has 0 heterocycles. The van der Waals surface area contributed by atoms with Crippen LogP contribution in [0.15, 0.2) is 0 Å². The third kappa shape index (κ3) is 18.7. The Morgan fingerprint density at radius 3 is 1.38 bits per heavy atom. The summed E-state index contributed by atoms with van der Waals surface area (Å²) in [6.07, 6.45) is 6.05. The number of hydrogen-bond acceptors (Lipinski definition) is 3. The summed E-state index contributed by atoms with van der Waals surface area (Å²) in [5, 5.41) is 24.0. The first kappa shape index (κ1) is 15.4. The van der Waals surface area contributed by atoms with Crippen LogP contribution in [0.25, 0.3) is 0 Å². The highest BCUT2D eigenvalue weighted by molar-refractivity contribution is 4.44. The number of aliphatic hydroxyl groups excluding tert-OH is 3. The number of unbranched alkanes of at least 4 members (excludes halogenated alkanes) is 4. The number of rotatable bonds is 6. The smallest absolute Gasteiger partial charge is 0.100 e. The van der Waals surface area contributed by atoms with Crippen LogP contribution in [-0.4, -0.2) is 34.6 Å². The lowest BCUT2D eigenvalue weighted by molar-refractivity contribution is 0.0450. The molecule has 0 bridgehead atoms. The van der Waals surface area contributed by atoms with E-state index in [-0.39, 0.29) is 13.2 Å². The maximum absolute atomic E-state index is 8.17. The predicted octanol–water partition coefficient (Wildman–Crippen LogP) is 1.31. The third-order valence-corrected chi connectivity index (χ3v) is 1.63. The second-order valence-corrected chi connectivity index (χ2v) is 3.08. The van der Waals surface area contributed by atoms with Crippen LogP contribution >= 0.6 is 0 Å². The second-order valence-electron chi connectivity index (χ2n) is 3.08. The van der Waals surface area contributed by atoms with Gasteiger partial charge in [-0.05, 0) is 0 Å². The van der Waals surface area contributed by atoms with E-state index in [4.69, 9.17) is 15.3 Å². The Bertz CT molecular complexity index is 68.6. The zero-order chi connectivity index (χ0) is 10.5. The van der Waals surface area contributed by atoms with E-state index < -0.39 is 6.10 Å². The quantitative estimate of drug-likeness (QED) is 0.556. The van der Waals surface area contributed by atoms with Gasteiger partial charge >= 0.3 is 0 Å². The fourth-order valence-corrected chi connectivity index (χ4v) is 0.735. The molecule has 0 spiro atoms. The van der Waals surface area contributed by atoms with Crippen molar-refractivity contribution < 1.29 is 15.3 Å². The first-order valence-corrected chi connectivity index (χ1v) is 5.12. The van der Waals surface area contributed by atoms with Crippen molar-refractivity contribution in [1.82, 2.24) is 0 Å². The summed E-state index contributed by atoms with van der Waals surface area (Å²) < 4.78 is 0. The summed E-state index contributed by atoms with van der Waals surface area (Å²) in [4.78, 5) is 0. The Balaban J connectivity index is 0. The van der Waals surface area contributed by atoms with E-state index in [0.717, 1.165) is 0 Å². The van der Waals surface area contributed by atoms with E-state index in [0.29, 0.717) is 0 Å². The SMILES string of the molecule is CCCCCCC.OCC(O)CO. The highest BCUT2D eigenvalue weighted by Gasteiger charge is 1.93. The maximum atomic E-state index is 8.17. The van der Waals surface area contributed by atoms with E-state index in [2.05, 4.69) is 13.8 Å². The van der Waals surface area contributed by atoms with Gasteiger partial charge in [0.25, 0.3) is 0 Å². The van der Waals surface area contributed by atoms with E-state index in [1.54, 1.807) is 0 Å². The molecule has 0 aromatic heterocycles. The lowest BCUT2D eigenvalue weighted by Gasteiger charge is -1.96. The van der Waals surface area contributed by atoms with Crippen molar-refractivity contribution >= 4 is 0 Å². The molecule has 0 atom stereocenters. The minimum atomic E-state index is -0.954. The van der Waals surface area contributed by atoms with Gasteiger partial charge in [0.2, 0.25) is 0 Å². The van der Waals surface area contributed by atoms with Crippen LogP contribution in [0.4, 0.5) is 0 Å². The van der Waals surface area contributed by atoms with Crippen LogP contribution in [0, 0.1) is 0 Å². The summed E-state index contributed by atoms with van der Waals surface area (Å²) >= 11 is 0. The van der Waals surface area contributed by atoms with Gasteiger partial charge in [0.15, 0.2) is 0 Å². The summed E-state index contributed by atoms with van der Waals surface area (Å²) in [5.74, 6) is 0. The molecule has 0 radical (unpaired) electrons. The largest absolute Gasteiger partial charge is 0.394 e. The molecule has 0 saturated heterocycles. The van der Waals surface area contributed by atoms with Gasteiger partial charge < -0.3 is 15.3 Å². The molecule has 3 heteroatoms. The molecule has 0 aliphatic carbocycles. The predicted molar refractivity (Wildman–Crippen MR) is 54.6 cm³/mol.